The van der Waals surface area contributed by atoms with Gasteiger partial charge in [0.1, 0.15) is 0 Å². The van der Waals surface area contributed by atoms with Crippen LogP contribution in [0.5, 0.6) is 0 Å². The Kier molecular flexibility index (Phi) is 12.1. The molecule has 0 saturated carbocycles. The van der Waals surface area contributed by atoms with Crippen LogP contribution in [0.15, 0.2) is 35.3 Å². The highest BCUT2D eigenvalue weighted by atomic mass is 127. The third kappa shape index (κ3) is 9.18. The predicted molar refractivity (Wildman–Crippen MR) is 130 cm³/mol. The van der Waals surface area contributed by atoms with Gasteiger partial charge >= 0.3 is 0 Å². The standard InChI is InChI=1S/C20H34N4O3S.HI/c1-18(2)27-16-17-28(25,26)24-14-12-23(13-15-24)20(21-3)22-11-7-10-19-8-5-4-6-9-19;/h4-6,8-9,18H,7,10-17H2,1-3H3,(H,21,22);1H. The Labute approximate surface area is 193 Å². The molecule has 2 rings (SSSR count). The van der Waals surface area contributed by atoms with Crippen LogP contribution in [0.1, 0.15) is 25.8 Å². The number of aryl methyl sites for hydroxylation is 1. The Balaban J connectivity index is 0.00000420. The van der Waals surface area contributed by atoms with Crippen LogP contribution >= 0.6 is 24.0 Å². The summed E-state index contributed by atoms with van der Waals surface area (Å²) < 4.78 is 31.8. The molecule has 0 atom stereocenters. The first-order chi connectivity index (χ1) is 13.4. The van der Waals surface area contributed by atoms with Gasteiger partial charge in [0.25, 0.3) is 0 Å². The lowest BCUT2D eigenvalue weighted by Crippen LogP contribution is -2.54. The Hall–Kier alpha value is -0.910. The molecule has 29 heavy (non-hydrogen) atoms. The molecule has 0 aromatic heterocycles. The van der Waals surface area contributed by atoms with E-state index < -0.39 is 10.0 Å². The first-order valence-corrected chi connectivity index (χ1v) is 11.6. The predicted octanol–water partition coefficient (Wildman–Crippen LogP) is 2.19. The van der Waals surface area contributed by atoms with E-state index in [1.54, 1.807) is 11.4 Å². The summed E-state index contributed by atoms with van der Waals surface area (Å²) in [7, 11) is -1.50. The van der Waals surface area contributed by atoms with Gasteiger partial charge in [0, 0.05) is 39.8 Å². The molecule has 0 radical (unpaired) electrons. The van der Waals surface area contributed by atoms with Crippen molar-refractivity contribution in [1.82, 2.24) is 14.5 Å². The minimum Gasteiger partial charge on any atom is -0.378 e. The molecule has 0 aliphatic carbocycles. The SMILES string of the molecule is CN=C(NCCCc1ccccc1)N1CCN(S(=O)(=O)CCOC(C)C)CC1.I. The van der Waals surface area contributed by atoms with E-state index in [9.17, 15) is 8.42 Å². The number of nitrogens with zero attached hydrogens (tertiary/aromatic N) is 3. The van der Waals surface area contributed by atoms with Crippen LogP contribution in [0.4, 0.5) is 0 Å². The van der Waals surface area contributed by atoms with Crippen molar-refractivity contribution in [2.75, 3.05) is 52.1 Å². The van der Waals surface area contributed by atoms with Gasteiger partial charge in [-0.25, -0.2) is 8.42 Å². The van der Waals surface area contributed by atoms with Gasteiger partial charge in [0.05, 0.1) is 18.5 Å². The minimum atomic E-state index is -3.27. The molecule has 1 aromatic carbocycles. The summed E-state index contributed by atoms with van der Waals surface area (Å²) >= 11 is 0. The van der Waals surface area contributed by atoms with Crippen molar-refractivity contribution in [1.29, 1.82) is 0 Å². The smallest absolute Gasteiger partial charge is 0.216 e. The van der Waals surface area contributed by atoms with Crippen molar-refractivity contribution in [2.45, 2.75) is 32.8 Å². The largest absolute Gasteiger partial charge is 0.378 e. The Morgan fingerprint density at radius 1 is 1.17 bits per heavy atom. The lowest BCUT2D eigenvalue weighted by molar-refractivity contribution is 0.0904. The minimum absolute atomic E-state index is 0. The number of sulfonamides is 1. The molecule has 1 N–H and O–H groups in total. The summed E-state index contributed by atoms with van der Waals surface area (Å²) in [6.45, 7) is 7.14. The van der Waals surface area contributed by atoms with Crippen LogP contribution in [0.25, 0.3) is 0 Å². The van der Waals surface area contributed by atoms with E-state index in [1.165, 1.54) is 5.56 Å². The van der Waals surface area contributed by atoms with Crippen molar-refractivity contribution in [3.63, 3.8) is 0 Å². The molecule has 0 spiro atoms. The van der Waals surface area contributed by atoms with E-state index in [4.69, 9.17) is 4.74 Å². The summed E-state index contributed by atoms with van der Waals surface area (Å²) in [5.41, 5.74) is 1.33. The molecular weight excluding hydrogens is 503 g/mol. The second-order valence-corrected chi connectivity index (χ2v) is 9.27. The van der Waals surface area contributed by atoms with E-state index >= 15 is 0 Å². The molecule has 0 amide bonds. The van der Waals surface area contributed by atoms with Crippen LogP contribution in [0, 0.1) is 0 Å². The van der Waals surface area contributed by atoms with Crippen LogP contribution in [0.3, 0.4) is 0 Å². The molecule has 7 nitrogen and oxygen atoms in total. The second-order valence-electron chi connectivity index (χ2n) is 7.18. The third-order valence-electron chi connectivity index (χ3n) is 4.70. The fraction of sp³-hybridized carbons (Fsp3) is 0.650. The summed E-state index contributed by atoms with van der Waals surface area (Å²) in [4.78, 5) is 6.48. The lowest BCUT2D eigenvalue weighted by Gasteiger charge is -2.35. The van der Waals surface area contributed by atoms with Gasteiger partial charge in [0.2, 0.25) is 10.0 Å². The first kappa shape index (κ1) is 26.1. The van der Waals surface area contributed by atoms with Gasteiger partial charge in [0.15, 0.2) is 5.96 Å². The molecule has 166 valence electrons. The topological polar surface area (TPSA) is 74.2 Å². The quantitative estimate of drug-likeness (QED) is 0.226. The van der Waals surface area contributed by atoms with E-state index in [0.29, 0.717) is 26.2 Å². The molecule has 0 unspecified atom stereocenters. The zero-order chi connectivity index (χ0) is 20.4. The number of hydrogen-bond donors (Lipinski definition) is 1. The van der Waals surface area contributed by atoms with Gasteiger partial charge in [-0.1, -0.05) is 30.3 Å². The Morgan fingerprint density at radius 3 is 2.41 bits per heavy atom. The molecule has 1 aliphatic rings. The maximum Gasteiger partial charge on any atom is 0.216 e. The van der Waals surface area contributed by atoms with Gasteiger partial charge in [-0.05, 0) is 32.3 Å². The Bertz CT molecular complexity index is 706. The highest BCUT2D eigenvalue weighted by Crippen LogP contribution is 2.09. The highest BCUT2D eigenvalue weighted by Gasteiger charge is 2.27. The summed E-state index contributed by atoms with van der Waals surface area (Å²) in [5, 5.41) is 3.40. The molecule has 1 aromatic rings. The fourth-order valence-corrected chi connectivity index (χ4v) is 4.45. The van der Waals surface area contributed by atoms with Crippen molar-refractivity contribution >= 4 is 40.0 Å². The van der Waals surface area contributed by atoms with Crippen molar-refractivity contribution in [3.8, 4) is 0 Å². The average Bonchev–Trinajstić information content (AvgIpc) is 2.68. The van der Waals surface area contributed by atoms with Gasteiger partial charge in [-0.2, -0.15) is 4.31 Å². The third-order valence-corrected chi connectivity index (χ3v) is 6.54. The molecule has 0 bridgehead atoms. The number of hydrogen-bond acceptors (Lipinski definition) is 4. The lowest BCUT2D eigenvalue weighted by atomic mass is 10.1. The van der Waals surface area contributed by atoms with E-state index in [-0.39, 0.29) is 42.4 Å². The highest BCUT2D eigenvalue weighted by molar-refractivity contribution is 14.0. The zero-order valence-corrected chi connectivity index (χ0v) is 20.9. The molecule has 1 saturated heterocycles. The first-order valence-electron chi connectivity index (χ1n) is 10.0. The number of piperazine rings is 1. The number of ether oxygens (including phenoxy) is 1. The van der Waals surface area contributed by atoms with Gasteiger partial charge in [-0.3, -0.25) is 4.99 Å². The number of rotatable bonds is 9. The number of guanidine groups is 1. The van der Waals surface area contributed by atoms with Crippen LogP contribution in [-0.4, -0.2) is 81.8 Å². The number of halogens is 1. The van der Waals surface area contributed by atoms with Crippen LogP contribution in [-0.2, 0) is 21.2 Å². The van der Waals surface area contributed by atoms with Crippen molar-refractivity contribution in [3.05, 3.63) is 35.9 Å². The summed E-state index contributed by atoms with van der Waals surface area (Å²) in [6.07, 6.45) is 2.09. The second kappa shape index (κ2) is 13.4. The van der Waals surface area contributed by atoms with Gasteiger partial charge in [-0.15, -0.1) is 24.0 Å². The zero-order valence-electron chi connectivity index (χ0n) is 17.7. The summed E-state index contributed by atoms with van der Waals surface area (Å²) in [5.74, 6) is 0.880. The number of nitrogens with one attached hydrogen (secondary N) is 1. The fourth-order valence-electron chi connectivity index (χ4n) is 3.17. The molecule has 1 aliphatic heterocycles. The number of benzene rings is 1. The van der Waals surface area contributed by atoms with Crippen molar-refractivity contribution < 1.29 is 13.2 Å². The van der Waals surface area contributed by atoms with Crippen molar-refractivity contribution in [2.24, 2.45) is 4.99 Å². The van der Waals surface area contributed by atoms with Gasteiger partial charge < -0.3 is 15.0 Å². The van der Waals surface area contributed by atoms with Crippen LogP contribution < -0.4 is 5.32 Å². The van der Waals surface area contributed by atoms with E-state index in [2.05, 4.69) is 39.5 Å². The monoisotopic (exact) mass is 538 g/mol. The Morgan fingerprint density at radius 2 is 1.83 bits per heavy atom. The molecule has 9 heteroatoms. The maximum absolute atomic E-state index is 12.4. The number of aliphatic imine (C=N–C) groups is 1. The van der Waals surface area contributed by atoms with Crippen LogP contribution in [0.2, 0.25) is 0 Å². The maximum atomic E-state index is 12.4. The summed E-state index contributed by atoms with van der Waals surface area (Å²) in [6, 6.07) is 10.4. The average molecular weight is 538 g/mol. The molecular formula is C20H35IN4O3S. The molecule has 1 heterocycles. The van der Waals surface area contributed by atoms with E-state index in [0.717, 1.165) is 25.3 Å². The van der Waals surface area contributed by atoms with E-state index in [1.807, 2.05) is 19.9 Å². The normalized spacial score (nSPS) is 16.0. The molecule has 1 fully saturated rings.